The zero-order valence-electron chi connectivity index (χ0n) is 20.8. The van der Waals surface area contributed by atoms with E-state index in [1.165, 1.54) is 34.8 Å². The van der Waals surface area contributed by atoms with Crippen molar-refractivity contribution < 1.29 is 37.1 Å². The molecule has 0 aliphatic carbocycles. The summed E-state index contributed by atoms with van der Waals surface area (Å²) in [5.41, 5.74) is -0.0888. The quantitative estimate of drug-likeness (QED) is 0.406. The van der Waals surface area contributed by atoms with Crippen molar-refractivity contribution in [2.45, 2.75) is 26.1 Å². The summed E-state index contributed by atoms with van der Waals surface area (Å²) in [6.07, 6.45) is -0.848. The van der Waals surface area contributed by atoms with Gasteiger partial charge in [-0.25, -0.2) is 9.97 Å². The van der Waals surface area contributed by atoms with Crippen LogP contribution < -0.4 is 4.74 Å². The van der Waals surface area contributed by atoms with E-state index in [1.807, 2.05) is 0 Å². The molecule has 1 fully saturated rings. The average molecular weight is 544 g/mol. The van der Waals surface area contributed by atoms with Crippen LogP contribution in [0.1, 0.15) is 28.5 Å². The zero-order valence-corrected chi connectivity index (χ0v) is 20.8. The summed E-state index contributed by atoms with van der Waals surface area (Å²) in [6, 6.07) is 4.85. The topological polar surface area (TPSA) is 126 Å². The third-order valence-corrected chi connectivity index (χ3v) is 6.39. The predicted molar refractivity (Wildman–Crippen MR) is 129 cm³/mol. The van der Waals surface area contributed by atoms with Gasteiger partial charge in [0, 0.05) is 44.1 Å². The highest BCUT2D eigenvalue weighted by molar-refractivity contribution is 5.96. The van der Waals surface area contributed by atoms with E-state index in [-0.39, 0.29) is 34.6 Å². The standard InChI is InChI=1S/C25H23F3N6O5/c1-14-11-16(3-4-17(14)24(37)33-9-7-32(8-10-33)23(36)15(2)35)39-22-21-30-12-19(34(21)6-5-29-22)18-13-38-31-20(18)25(26,27)28/h3-6,11-13,15,35H,7-10H2,1-2H3/t15-/m0/s1. The van der Waals surface area contributed by atoms with Crippen LogP contribution >= 0.6 is 0 Å². The summed E-state index contributed by atoms with van der Waals surface area (Å²) in [4.78, 5) is 36.6. The van der Waals surface area contributed by atoms with Crippen LogP contribution in [0.5, 0.6) is 11.6 Å². The molecule has 0 spiro atoms. The number of aromatic nitrogens is 4. The van der Waals surface area contributed by atoms with Gasteiger partial charge in [0.2, 0.25) is 5.65 Å². The second-order valence-electron chi connectivity index (χ2n) is 9.02. The van der Waals surface area contributed by atoms with Crippen molar-refractivity contribution in [2.24, 2.45) is 0 Å². The molecule has 0 radical (unpaired) electrons. The maximum atomic E-state index is 13.3. The Morgan fingerprint density at radius 1 is 1.13 bits per heavy atom. The van der Waals surface area contributed by atoms with E-state index in [0.717, 1.165) is 6.26 Å². The van der Waals surface area contributed by atoms with E-state index in [1.54, 1.807) is 30.0 Å². The number of aliphatic hydroxyl groups is 1. The van der Waals surface area contributed by atoms with Crippen molar-refractivity contribution in [1.29, 1.82) is 0 Å². The highest BCUT2D eigenvalue weighted by atomic mass is 19.4. The number of fused-ring (bicyclic) bond motifs is 1. The molecule has 1 N–H and O–H groups in total. The number of ether oxygens (including phenoxy) is 1. The molecule has 204 valence electrons. The second-order valence-corrected chi connectivity index (χ2v) is 9.02. The molecule has 1 aliphatic rings. The van der Waals surface area contributed by atoms with Gasteiger partial charge < -0.3 is 24.2 Å². The smallest absolute Gasteiger partial charge is 0.436 e. The fourth-order valence-electron chi connectivity index (χ4n) is 4.41. The first-order valence-corrected chi connectivity index (χ1v) is 11.9. The Hall–Kier alpha value is -4.46. The molecule has 11 nitrogen and oxygen atoms in total. The molecule has 4 heterocycles. The monoisotopic (exact) mass is 544 g/mol. The Morgan fingerprint density at radius 2 is 1.85 bits per heavy atom. The molecule has 0 unspecified atom stereocenters. The number of aliphatic hydroxyl groups excluding tert-OH is 1. The first-order chi connectivity index (χ1) is 18.5. The van der Waals surface area contributed by atoms with Crippen molar-refractivity contribution in [3.8, 4) is 22.9 Å². The van der Waals surface area contributed by atoms with Crippen molar-refractivity contribution >= 4 is 17.5 Å². The average Bonchev–Trinajstić information content (AvgIpc) is 3.56. The van der Waals surface area contributed by atoms with Gasteiger partial charge in [-0.05, 0) is 37.6 Å². The van der Waals surface area contributed by atoms with Crippen molar-refractivity contribution in [3.63, 3.8) is 0 Å². The third-order valence-electron chi connectivity index (χ3n) is 6.39. The Labute approximate surface area is 219 Å². The fraction of sp³-hybridized carbons (Fsp3) is 0.320. The minimum atomic E-state index is -4.71. The molecule has 1 saturated heterocycles. The van der Waals surface area contributed by atoms with Gasteiger partial charge in [0.15, 0.2) is 5.69 Å². The number of halogens is 3. The van der Waals surface area contributed by atoms with E-state index in [0.29, 0.717) is 43.1 Å². The molecule has 2 amide bonds. The van der Waals surface area contributed by atoms with E-state index < -0.39 is 18.0 Å². The lowest BCUT2D eigenvalue weighted by Crippen LogP contribution is -2.52. The number of alkyl halides is 3. The summed E-state index contributed by atoms with van der Waals surface area (Å²) < 4.78 is 51.8. The van der Waals surface area contributed by atoms with E-state index in [2.05, 4.69) is 19.6 Å². The van der Waals surface area contributed by atoms with Crippen LogP contribution in [0.3, 0.4) is 0 Å². The van der Waals surface area contributed by atoms with Crippen molar-refractivity contribution in [1.82, 2.24) is 29.3 Å². The number of hydrogen-bond donors (Lipinski definition) is 1. The maximum Gasteiger partial charge on any atom is 0.437 e. The number of hydrogen-bond acceptors (Lipinski definition) is 8. The van der Waals surface area contributed by atoms with Gasteiger partial charge in [0.25, 0.3) is 17.7 Å². The Morgan fingerprint density at radius 3 is 2.51 bits per heavy atom. The van der Waals surface area contributed by atoms with Gasteiger partial charge in [-0.1, -0.05) is 5.16 Å². The zero-order chi connectivity index (χ0) is 27.9. The lowest BCUT2D eigenvalue weighted by atomic mass is 10.1. The number of carbonyl (C=O) groups excluding carboxylic acids is 2. The number of rotatable bonds is 5. The summed E-state index contributed by atoms with van der Waals surface area (Å²) in [6.45, 7) is 4.50. The summed E-state index contributed by atoms with van der Waals surface area (Å²) in [5, 5.41) is 12.6. The normalized spacial score (nSPS) is 15.0. The minimum absolute atomic E-state index is 0.0474. The summed E-state index contributed by atoms with van der Waals surface area (Å²) >= 11 is 0. The number of aryl methyl sites for hydroxylation is 1. The van der Waals surface area contributed by atoms with Gasteiger partial charge >= 0.3 is 6.18 Å². The highest BCUT2D eigenvalue weighted by Crippen LogP contribution is 2.37. The summed E-state index contributed by atoms with van der Waals surface area (Å²) in [7, 11) is 0. The predicted octanol–water partition coefficient (Wildman–Crippen LogP) is 3.17. The Bertz CT molecular complexity index is 1540. The van der Waals surface area contributed by atoms with Gasteiger partial charge in [-0.3, -0.25) is 14.0 Å². The Kier molecular flexibility index (Phi) is 6.72. The molecule has 4 aromatic rings. The molecule has 1 aliphatic heterocycles. The molecule has 0 saturated carbocycles. The number of amides is 2. The molecule has 14 heteroatoms. The van der Waals surface area contributed by atoms with Crippen LogP contribution in [0.4, 0.5) is 13.2 Å². The van der Waals surface area contributed by atoms with Crippen LogP contribution in [-0.4, -0.2) is 78.5 Å². The van der Waals surface area contributed by atoms with Crippen LogP contribution in [0.15, 0.2) is 47.6 Å². The largest absolute Gasteiger partial charge is 0.437 e. The highest BCUT2D eigenvalue weighted by Gasteiger charge is 2.38. The van der Waals surface area contributed by atoms with Crippen LogP contribution in [0.2, 0.25) is 0 Å². The molecule has 0 bridgehead atoms. The Balaban J connectivity index is 1.34. The molecular weight excluding hydrogens is 521 g/mol. The van der Waals surface area contributed by atoms with Crippen LogP contribution in [0.25, 0.3) is 16.9 Å². The molecule has 3 aromatic heterocycles. The van der Waals surface area contributed by atoms with Crippen LogP contribution in [0, 0.1) is 6.92 Å². The first kappa shape index (κ1) is 26.2. The lowest BCUT2D eigenvalue weighted by Gasteiger charge is -2.35. The number of carbonyl (C=O) groups is 2. The van der Waals surface area contributed by atoms with Gasteiger partial charge in [0.1, 0.15) is 18.1 Å². The third kappa shape index (κ3) is 5.02. The molecule has 5 rings (SSSR count). The lowest BCUT2D eigenvalue weighted by molar-refractivity contribution is -0.142. The SMILES string of the molecule is Cc1cc(Oc2nccn3c(-c4conc4C(F)(F)F)cnc23)ccc1C(=O)N1CCN(C(=O)[C@H](C)O)CC1. The number of nitrogens with zero attached hydrogens (tertiary/aromatic N) is 6. The minimum Gasteiger partial charge on any atom is -0.436 e. The maximum absolute atomic E-state index is 13.3. The first-order valence-electron chi connectivity index (χ1n) is 11.9. The van der Waals surface area contributed by atoms with Crippen molar-refractivity contribution in [3.05, 3.63) is 59.9 Å². The van der Waals surface area contributed by atoms with Gasteiger partial charge in [0.05, 0.1) is 17.5 Å². The van der Waals surface area contributed by atoms with Crippen LogP contribution in [-0.2, 0) is 11.0 Å². The molecular formula is C25H23F3N6O5. The van der Waals surface area contributed by atoms with Gasteiger partial charge in [-0.2, -0.15) is 13.2 Å². The van der Waals surface area contributed by atoms with E-state index in [9.17, 15) is 27.9 Å². The number of piperazine rings is 1. The number of benzene rings is 1. The second kappa shape index (κ2) is 10.0. The molecule has 1 aromatic carbocycles. The van der Waals surface area contributed by atoms with E-state index in [4.69, 9.17) is 4.74 Å². The van der Waals surface area contributed by atoms with Gasteiger partial charge in [-0.15, -0.1) is 0 Å². The van der Waals surface area contributed by atoms with E-state index >= 15 is 0 Å². The molecule has 39 heavy (non-hydrogen) atoms. The summed E-state index contributed by atoms with van der Waals surface area (Å²) in [5.74, 6) is -0.167. The number of imidazole rings is 1. The fourth-order valence-corrected chi connectivity index (χ4v) is 4.41. The van der Waals surface area contributed by atoms with Crippen molar-refractivity contribution in [2.75, 3.05) is 26.2 Å². The molecule has 1 atom stereocenters.